The third-order valence-corrected chi connectivity index (χ3v) is 3.89. The maximum Gasteiger partial charge on any atom is 0.260 e. The Kier molecular flexibility index (Phi) is 5.06. The highest BCUT2D eigenvalue weighted by atomic mass is 16.5. The van der Waals surface area contributed by atoms with E-state index in [1.807, 2.05) is 67.6 Å². The van der Waals surface area contributed by atoms with E-state index in [0.29, 0.717) is 18.8 Å². The standard InChI is InChI=1S/C20H20N2O2/c1-2-22(14-16-7-4-3-5-8-16)20(23)15-24-18-10-11-19-17(13-18)9-6-12-21-19/h3-13H,2,14-15H2,1H3. The Labute approximate surface area is 141 Å². The van der Waals surface area contributed by atoms with Crippen LogP contribution in [0.5, 0.6) is 5.75 Å². The van der Waals surface area contributed by atoms with E-state index in [1.165, 1.54) is 0 Å². The van der Waals surface area contributed by atoms with Crippen molar-refractivity contribution in [2.45, 2.75) is 13.5 Å². The molecule has 0 unspecified atom stereocenters. The number of carbonyl (C=O) groups excluding carboxylic acids is 1. The summed E-state index contributed by atoms with van der Waals surface area (Å²) in [5.41, 5.74) is 2.03. The number of nitrogens with zero attached hydrogens (tertiary/aromatic N) is 2. The number of hydrogen-bond acceptors (Lipinski definition) is 3. The third kappa shape index (κ3) is 3.90. The van der Waals surface area contributed by atoms with E-state index in [-0.39, 0.29) is 12.5 Å². The molecule has 1 amide bonds. The summed E-state index contributed by atoms with van der Waals surface area (Å²) in [6.07, 6.45) is 1.76. The number of benzene rings is 2. The molecule has 0 N–H and O–H groups in total. The second-order valence-electron chi connectivity index (χ2n) is 5.54. The van der Waals surface area contributed by atoms with Gasteiger partial charge in [-0.1, -0.05) is 36.4 Å². The molecule has 1 aromatic heterocycles. The lowest BCUT2D eigenvalue weighted by atomic mass is 10.2. The van der Waals surface area contributed by atoms with E-state index in [9.17, 15) is 4.79 Å². The Morgan fingerprint density at radius 2 is 1.92 bits per heavy atom. The predicted octanol–water partition coefficient (Wildman–Crippen LogP) is 3.66. The molecule has 4 heteroatoms. The first kappa shape index (κ1) is 16.0. The quantitative estimate of drug-likeness (QED) is 0.696. The van der Waals surface area contributed by atoms with Gasteiger partial charge in [-0.05, 0) is 36.8 Å². The summed E-state index contributed by atoms with van der Waals surface area (Å²) in [6, 6.07) is 19.5. The van der Waals surface area contributed by atoms with Crippen LogP contribution in [0.4, 0.5) is 0 Å². The maximum absolute atomic E-state index is 12.4. The van der Waals surface area contributed by atoms with Gasteiger partial charge in [-0.15, -0.1) is 0 Å². The van der Waals surface area contributed by atoms with Crippen LogP contribution in [0, 0.1) is 0 Å². The first-order valence-corrected chi connectivity index (χ1v) is 8.05. The van der Waals surface area contributed by atoms with Gasteiger partial charge in [-0.2, -0.15) is 0 Å². The lowest BCUT2D eigenvalue weighted by Crippen LogP contribution is -2.34. The number of fused-ring (bicyclic) bond motifs is 1. The van der Waals surface area contributed by atoms with Crippen molar-refractivity contribution in [1.29, 1.82) is 0 Å². The van der Waals surface area contributed by atoms with Gasteiger partial charge in [-0.25, -0.2) is 0 Å². The molecule has 4 nitrogen and oxygen atoms in total. The molecular weight excluding hydrogens is 300 g/mol. The van der Waals surface area contributed by atoms with Crippen molar-refractivity contribution in [3.8, 4) is 5.75 Å². The second-order valence-corrected chi connectivity index (χ2v) is 5.54. The summed E-state index contributed by atoms with van der Waals surface area (Å²) in [6.45, 7) is 3.26. The van der Waals surface area contributed by atoms with Crippen molar-refractivity contribution < 1.29 is 9.53 Å². The number of carbonyl (C=O) groups is 1. The van der Waals surface area contributed by atoms with E-state index in [2.05, 4.69) is 4.98 Å². The number of rotatable bonds is 6. The molecule has 1 heterocycles. The minimum absolute atomic E-state index is 0.0207. The van der Waals surface area contributed by atoms with E-state index in [0.717, 1.165) is 16.5 Å². The van der Waals surface area contributed by atoms with Gasteiger partial charge < -0.3 is 9.64 Å². The van der Waals surface area contributed by atoms with E-state index >= 15 is 0 Å². The Morgan fingerprint density at radius 1 is 1.08 bits per heavy atom. The highest BCUT2D eigenvalue weighted by Gasteiger charge is 2.13. The Morgan fingerprint density at radius 3 is 2.71 bits per heavy atom. The number of amides is 1. The monoisotopic (exact) mass is 320 g/mol. The molecule has 0 aliphatic carbocycles. The molecule has 0 aliphatic heterocycles. The van der Waals surface area contributed by atoms with Gasteiger partial charge in [0.15, 0.2) is 6.61 Å². The number of likely N-dealkylation sites (N-methyl/N-ethyl adjacent to an activating group) is 1. The summed E-state index contributed by atoms with van der Waals surface area (Å²) >= 11 is 0. The molecule has 0 bridgehead atoms. The fourth-order valence-electron chi connectivity index (χ4n) is 2.56. The molecule has 0 fully saturated rings. The lowest BCUT2D eigenvalue weighted by Gasteiger charge is -2.21. The zero-order valence-electron chi connectivity index (χ0n) is 13.7. The van der Waals surface area contributed by atoms with Gasteiger partial charge in [0.1, 0.15) is 5.75 Å². The maximum atomic E-state index is 12.4. The third-order valence-electron chi connectivity index (χ3n) is 3.89. The largest absolute Gasteiger partial charge is 0.484 e. The summed E-state index contributed by atoms with van der Waals surface area (Å²) in [7, 11) is 0. The Bertz CT molecular complexity index is 818. The molecule has 0 saturated heterocycles. The van der Waals surface area contributed by atoms with Crippen LogP contribution in [0.3, 0.4) is 0 Å². The minimum atomic E-state index is -0.0207. The normalized spacial score (nSPS) is 10.5. The second kappa shape index (κ2) is 7.59. The van der Waals surface area contributed by atoms with E-state index < -0.39 is 0 Å². The zero-order valence-corrected chi connectivity index (χ0v) is 13.7. The van der Waals surface area contributed by atoms with Crippen LogP contribution in [-0.4, -0.2) is 28.9 Å². The first-order chi connectivity index (χ1) is 11.8. The SMILES string of the molecule is CCN(Cc1ccccc1)C(=O)COc1ccc2ncccc2c1. The van der Waals surface area contributed by atoms with Crippen LogP contribution >= 0.6 is 0 Å². The van der Waals surface area contributed by atoms with E-state index in [1.54, 1.807) is 11.1 Å². The Hall–Kier alpha value is -2.88. The van der Waals surface area contributed by atoms with Crippen LogP contribution in [0.15, 0.2) is 66.9 Å². The van der Waals surface area contributed by atoms with Gasteiger partial charge in [0, 0.05) is 24.7 Å². The highest BCUT2D eigenvalue weighted by Crippen LogP contribution is 2.19. The summed E-state index contributed by atoms with van der Waals surface area (Å²) in [5.74, 6) is 0.659. The molecule has 0 atom stereocenters. The van der Waals surface area contributed by atoms with Gasteiger partial charge in [0.25, 0.3) is 5.91 Å². The molecule has 3 rings (SSSR count). The Balaban J connectivity index is 1.62. The van der Waals surface area contributed by atoms with Crippen LogP contribution < -0.4 is 4.74 Å². The van der Waals surface area contributed by atoms with E-state index in [4.69, 9.17) is 4.74 Å². The average Bonchev–Trinajstić information content (AvgIpc) is 2.65. The number of hydrogen-bond donors (Lipinski definition) is 0. The number of ether oxygens (including phenoxy) is 1. The minimum Gasteiger partial charge on any atom is -0.484 e. The summed E-state index contributed by atoms with van der Waals surface area (Å²) in [4.78, 5) is 18.5. The molecule has 0 spiro atoms. The van der Waals surface area contributed by atoms with Crippen LogP contribution in [0.2, 0.25) is 0 Å². The van der Waals surface area contributed by atoms with Gasteiger partial charge in [-0.3, -0.25) is 9.78 Å². The smallest absolute Gasteiger partial charge is 0.260 e. The molecule has 0 aliphatic rings. The zero-order chi connectivity index (χ0) is 16.8. The van der Waals surface area contributed by atoms with Crippen LogP contribution in [0.1, 0.15) is 12.5 Å². The highest BCUT2D eigenvalue weighted by molar-refractivity contribution is 5.80. The lowest BCUT2D eigenvalue weighted by molar-refractivity contribution is -0.133. The fourth-order valence-corrected chi connectivity index (χ4v) is 2.56. The predicted molar refractivity (Wildman–Crippen MR) is 94.8 cm³/mol. The van der Waals surface area contributed by atoms with Gasteiger partial charge in [0.05, 0.1) is 5.52 Å². The fraction of sp³-hybridized carbons (Fsp3) is 0.200. The van der Waals surface area contributed by atoms with Gasteiger partial charge >= 0.3 is 0 Å². The first-order valence-electron chi connectivity index (χ1n) is 8.05. The van der Waals surface area contributed by atoms with Crippen molar-refractivity contribution in [3.05, 3.63) is 72.4 Å². The number of pyridine rings is 1. The molecule has 122 valence electrons. The summed E-state index contributed by atoms with van der Waals surface area (Å²) < 4.78 is 5.68. The number of aromatic nitrogens is 1. The van der Waals surface area contributed by atoms with Crippen molar-refractivity contribution in [3.63, 3.8) is 0 Å². The van der Waals surface area contributed by atoms with Crippen LogP contribution in [0.25, 0.3) is 10.9 Å². The average molecular weight is 320 g/mol. The van der Waals surface area contributed by atoms with Crippen molar-refractivity contribution in [2.24, 2.45) is 0 Å². The van der Waals surface area contributed by atoms with Crippen molar-refractivity contribution in [2.75, 3.05) is 13.2 Å². The molecule has 2 aromatic carbocycles. The summed E-state index contributed by atoms with van der Waals surface area (Å²) in [5, 5.41) is 0.999. The topological polar surface area (TPSA) is 42.4 Å². The van der Waals surface area contributed by atoms with Crippen molar-refractivity contribution in [1.82, 2.24) is 9.88 Å². The molecule has 3 aromatic rings. The van der Waals surface area contributed by atoms with Crippen molar-refractivity contribution >= 4 is 16.8 Å². The molecule has 0 radical (unpaired) electrons. The molecule has 24 heavy (non-hydrogen) atoms. The van der Waals surface area contributed by atoms with Gasteiger partial charge in [0.2, 0.25) is 0 Å². The molecule has 0 saturated carbocycles. The van der Waals surface area contributed by atoms with Crippen LogP contribution in [-0.2, 0) is 11.3 Å². The molecular formula is C20H20N2O2.